The van der Waals surface area contributed by atoms with Crippen LogP contribution in [-0.2, 0) is 0 Å². The number of rotatable bonds is 4. The molecule has 1 saturated carbocycles. The fourth-order valence-corrected chi connectivity index (χ4v) is 4.67. The van der Waals surface area contributed by atoms with E-state index in [1.165, 1.54) is 39.0 Å². The van der Waals surface area contributed by atoms with E-state index in [0.717, 1.165) is 18.9 Å². The number of piperidine rings is 2. The number of nitrogens with zero attached hydrogens (tertiary/aromatic N) is 1. The lowest BCUT2D eigenvalue weighted by atomic mass is 9.81. The number of nitrogens with one attached hydrogen (secondary N) is 2. The third kappa shape index (κ3) is 3.71. The summed E-state index contributed by atoms with van der Waals surface area (Å²) in [6.07, 6.45) is 8.72. The minimum Gasteiger partial charge on any atom is -0.335 e. The van der Waals surface area contributed by atoms with Crippen molar-refractivity contribution in [1.82, 2.24) is 10.2 Å². The van der Waals surface area contributed by atoms with E-state index < -0.39 is 0 Å². The van der Waals surface area contributed by atoms with Crippen LogP contribution in [0, 0.1) is 0 Å². The average molecular weight is 341 g/mol. The van der Waals surface area contributed by atoms with Crippen molar-refractivity contribution in [2.24, 2.45) is 0 Å². The topological polar surface area (TPSA) is 61.4 Å². The van der Waals surface area contributed by atoms with E-state index in [9.17, 15) is 9.59 Å². The Morgan fingerprint density at radius 2 is 1.76 bits per heavy atom. The molecule has 2 amide bonds. The van der Waals surface area contributed by atoms with Crippen LogP contribution in [0.5, 0.6) is 0 Å². The first-order valence-corrected chi connectivity index (χ1v) is 9.56. The zero-order chi connectivity index (χ0) is 17.4. The molecule has 2 atom stereocenters. The molecule has 1 aromatic carbocycles. The molecule has 4 rings (SSSR count). The Kier molecular flexibility index (Phi) is 4.50. The van der Waals surface area contributed by atoms with E-state index in [4.69, 9.17) is 0 Å². The summed E-state index contributed by atoms with van der Waals surface area (Å²) in [7, 11) is 0. The van der Waals surface area contributed by atoms with E-state index in [2.05, 4.69) is 15.5 Å². The van der Waals surface area contributed by atoms with Gasteiger partial charge in [0.2, 0.25) is 0 Å². The van der Waals surface area contributed by atoms with Gasteiger partial charge in [-0.25, -0.2) is 4.79 Å². The molecule has 2 aliphatic heterocycles. The van der Waals surface area contributed by atoms with Crippen molar-refractivity contribution in [3.8, 4) is 0 Å². The van der Waals surface area contributed by atoms with Crippen LogP contribution in [0.25, 0.3) is 0 Å². The highest BCUT2D eigenvalue weighted by molar-refractivity contribution is 5.96. The molecule has 5 nitrogen and oxygen atoms in total. The van der Waals surface area contributed by atoms with Gasteiger partial charge in [-0.3, -0.25) is 9.69 Å². The third-order valence-corrected chi connectivity index (χ3v) is 5.86. The largest absolute Gasteiger partial charge is 0.335 e. The number of ketones is 1. The van der Waals surface area contributed by atoms with Gasteiger partial charge in [0.1, 0.15) is 0 Å². The van der Waals surface area contributed by atoms with Crippen molar-refractivity contribution in [3.05, 3.63) is 29.8 Å². The normalized spacial score (nSPS) is 29.1. The molecule has 1 aliphatic carbocycles. The highest BCUT2D eigenvalue weighted by Gasteiger charge is 2.45. The Hall–Kier alpha value is -1.88. The van der Waals surface area contributed by atoms with Crippen LogP contribution < -0.4 is 10.6 Å². The van der Waals surface area contributed by atoms with E-state index in [1.54, 1.807) is 18.2 Å². The van der Waals surface area contributed by atoms with Crippen LogP contribution in [-0.4, -0.2) is 40.9 Å². The van der Waals surface area contributed by atoms with Gasteiger partial charge in [-0.15, -0.1) is 0 Å². The van der Waals surface area contributed by atoms with E-state index >= 15 is 0 Å². The van der Waals surface area contributed by atoms with Crippen LogP contribution in [0.2, 0.25) is 0 Å². The maximum absolute atomic E-state index is 12.4. The first kappa shape index (κ1) is 16.6. The molecule has 3 aliphatic rings. The number of hydrogen-bond acceptors (Lipinski definition) is 3. The molecule has 2 saturated heterocycles. The van der Waals surface area contributed by atoms with Gasteiger partial charge >= 0.3 is 6.03 Å². The first-order chi connectivity index (χ1) is 12.1. The van der Waals surface area contributed by atoms with E-state index in [1.807, 2.05) is 6.07 Å². The van der Waals surface area contributed by atoms with Crippen molar-refractivity contribution in [2.45, 2.75) is 76.0 Å². The molecule has 2 bridgehead atoms. The first-order valence-electron chi connectivity index (χ1n) is 9.56. The van der Waals surface area contributed by atoms with Crippen molar-refractivity contribution < 1.29 is 9.59 Å². The zero-order valence-corrected chi connectivity index (χ0v) is 14.8. The highest BCUT2D eigenvalue weighted by Crippen LogP contribution is 2.41. The number of amides is 2. The second-order valence-electron chi connectivity index (χ2n) is 7.82. The van der Waals surface area contributed by atoms with Crippen molar-refractivity contribution in [2.75, 3.05) is 5.32 Å². The number of anilines is 1. The predicted octanol–water partition coefficient (Wildman–Crippen LogP) is 3.56. The number of carbonyl (C=O) groups excluding carboxylic acids is 2. The lowest BCUT2D eigenvalue weighted by molar-refractivity contribution is 0.0198. The minimum absolute atomic E-state index is 0.00401. The Bertz CT molecular complexity index is 657. The van der Waals surface area contributed by atoms with Crippen molar-refractivity contribution in [3.63, 3.8) is 0 Å². The van der Waals surface area contributed by atoms with Gasteiger partial charge in [-0.2, -0.15) is 0 Å². The summed E-state index contributed by atoms with van der Waals surface area (Å²) < 4.78 is 0. The molecule has 3 fully saturated rings. The molecular formula is C20H27N3O2. The molecule has 1 aromatic rings. The molecule has 2 unspecified atom stereocenters. The molecular weight excluding hydrogens is 314 g/mol. The van der Waals surface area contributed by atoms with Crippen LogP contribution >= 0.6 is 0 Å². The maximum atomic E-state index is 12.4. The Labute approximate surface area is 149 Å². The third-order valence-electron chi connectivity index (χ3n) is 5.86. The zero-order valence-electron chi connectivity index (χ0n) is 14.8. The number of urea groups is 1. The Balaban J connectivity index is 1.35. The summed E-state index contributed by atoms with van der Waals surface area (Å²) in [5.74, 6) is 0.00401. The number of fused-ring (bicyclic) bond motifs is 2. The molecule has 5 heteroatoms. The van der Waals surface area contributed by atoms with Crippen LogP contribution in [0.15, 0.2) is 24.3 Å². The van der Waals surface area contributed by atoms with Gasteiger partial charge in [0, 0.05) is 35.4 Å². The fraction of sp³-hybridized carbons (Fsp3) is 0.600. The van der Waals surface area contributed by atoms with Crippen LogP contribution in [0.1, 0.15) is 62.2 Å². The molecule has 134 valence electrons. The number of carbonyl (C=O) groups is 2. The van der Waals surface area contributed by atoms with Gasteiger partial charge in [0.05, 0.1) is 0 Å². The second kappa shape index (κ2) is 6.79. The maximum Gasteiger partial charge on any atom is 0.319 e. The Morgan fingerprint density at radius 3 is 2.40 bits per heavy atom. The average Bonchev–Trinajstić information content (AvgIpc) is 3.39. The smallest absolute Gasteiger partial charge is 0.319 e. The second-order valence-corrected chi connectivity index (χ2v) is 7.82. The van der Waals surface area contributed by atoms with Crippen molar-refractivity contribution >= 4 is 17.5 Å². The van der Waals surface area contributed by atoms with E-state index in [0.29, 0.717) is 23.3 Å². The van der Waals surface area contributed by atoms with Crippen LogP contribution in [0.4, 0.5) is 10.5 Å². The Morgan fingerprint density at radius 1 is 1.04 bits per heavy atom. The summed E-state index contributed by atoms with van der Waals surface area (Å²) in [5, 5.41) is 6.04. The van der Waals surface area contributed by atoms with E-state index in [-0.39, 0.29) is 17.9 Å². The number of Topliss-reactive ketones (excluding diaryl/α,β-unsaturated/α-hetero) is 1. The number of benzene rings is 1. The SMILES string of the molecule is CC(=O)c1cccc(NC(=O)NC2CC3CCCC(C2)N3C2CC2)c1. The highest BCUT2D eigenvalue weighted by atomic mass is 16.2. The predicted molar refractivity (Wildman–Crippen MR) is 97.9 cm³/mol. The molecule has 2 heterocycles. The minimum atomic E-state index is -0.163. The molecule has 2 N–H and O–H groups in total. The van der Waals surface area contributed by atoms with Gasteiger partial charge in [0.15, 0.2) is 5.78 Å². The lowest BCUT2D eigenvalue weighted by Gasteiger charge is -2.49. The van der Waals surface area contributed by atoms with Gasteiger partial charge in [0.25, 0.3) is 0 Å². The van der Waals surface area contributed by atoms with Crippen molar-refractivity contribution in [1.29, 1.82) is 0 Å². The fourth-order valence-electron chi connectivity index (χ4n) is 4.67. The monoisotopic (exact) mass is 341 g/mol. The van der Waals surface area contributed by atoms with Gasteiger partial charge in [-0.05, 0) is 57.6 Å². The lowest BCUT2D eigenvalue weighted by Crippen LogP contribution is -2.58. The standard InChI is InChI=1S/C20H27N3O2/c1-13(24)14-4-2-5-15(10-14)21-20(25)22-16-11-18-6-3-7-19(12-16)23(18)17-8-9-17/h2,4-5,10,16-19H,3,6-9,11-12H2,1H3,(H2,21,22,25). The summed E-state index contributed by atoms with van der Waals surface area (Å²) in [6.45, 7) is 1.53. The summed E-state index contributed by atoms with van der Waals surface area (Å²) >= 11 is 0. The molecule has 0 radical (unpaired) electrons. The molecule has 25 heavy (non-hydrogen) atoms. The van der Waals surface area contributed by atoms with Gasteiger partial charge < -0.3 is 10.6 Å². The number of hydrogen-bond donors (Lipinski definition) is 2. The summed E-state index contributed by atoms with van der Waals surface area (Å²) in [6, 6.07) is 9.30. The molecule has 0 aromatic heterocycles. The summed E-state index contributed by atoms with van der Waals surface area (Å²) in [5.41, 5.74) is 1.28. The van der Waals surface area contributed by atoms with Crippen LogP contribution in [0.3, 0.4) is 0 Å². The van der Waals surface area contributed by atoms with Gasteiger partial charge in [-0.1, -0.05) is 18.6 Å². The summed E-state index contributed by atoms with van der Waals surface area (Å²) in [4.78, 5) is 26.6. The quantitative estimate of drug-likeness (QED) is 0.823. The molecule has 0 spiro atoms.